The van der Waals surface area contributed by atoms with E-state index in [1.165, 1.54) is 4.57 Å². The maximum absolute atomic E-state index is 12.2. The molecule has 3 rings (SSSR count). The van der Waals surface area contributed by atoms with E-state index in [0.29, 0.717) is 30.0 Å². The Kier molecular flexibility index (Phi) is 3.74. The molecule has 5 N–H and O–H groups in total. The lowest BCUT2D eigenvalue weighted by Crippen LogP contribution is -2.37. The number of nitrogens with zero attached hydrogens (tertiary/aromatic N) is 2. The zero-order valence-electron chi connectivity index (χ0n) is 11.5. The lowest BCUT2D eigenvalue weighted by Gasteiger charge is -2.21. The smallest absolute Gasteiger partial charge is 0.311 e. The highest BCUT2D eigenvalue weighted by Gasteiger charge is 2.35. The number of thiazole rings is 1. The molecule has 0 bridgehead atoms. The molecule has 1 saturated heterocycles. The van der Waals surface area contributed by atoms with Gasteiger partial charge in [-0.2, -0.15) is 4.99 Å². The SMILES string of the molecule is CC[C@H](O)[C@@H]1CC[C@H](n2c3c(sc2=O)C(O)NC(N)=N3)O1. The van der Waals surface area contributed by atoms with E-state index in [0.717, 1.165) is 11.3 Å². The van der Waals surface area contributed by atoms with Crippen molar-refractivity contribution in [2.24, 2.45) is 10.7 Å². The molecule has 1 aromatic heterocycles. The van der Waals surface area contributed by atoms with Crippen LogP contribution in [0.3, 0.4) is 0 Å². The third-order valence-corrected chi connectivity index (χ3v) is 4.76. The van der Waals surface area contributed by atoms with E-state index in [1.54, 1.807) is 0 Å². The van der Waals surface area contributed by atoms with Crippen LogP contribution in [-0.4, -0.2) is 32.9 Å². The molecule has 2 aliphatic rings. The molecule has 116 valence electrons. The largest absolute Gasteiger partial charge is 0.390 e. The van der Waals surface area contributed by atoms with Crippen molar-refractivity contribution in [3.8, 4) is 0 Å². The van der Waals surface area contributed by atoms with Crippen molar-refractivity contribution in [3.63, 3.8) is 0 Å². The lowest BCUT2D eigenvalue weighted by atomic mass is 10.1. The number of nitrogens with one attached hydrogen (secondary N) is 1. The molecule has 2 aliphatic heterocycles. The molecule has 3 heterocycles. The number of aliphatic hydroxyl groups excluding tert-OH is 2. The standard InChI is InChI=1S/C12H18N4O4S/c1-2-5(17)6-3-4-7(20-6)16-9-8(21-12(16)19)10(18)15-11(13)14-9/h5-7,10,17-18H,2-4H2,1H3,(H3,13,14,15)/t5-,6-,7+,10?/m0/s1. The molecular weight excluding hydrogens is 296 g/mol. The average molecular weight is 314 g/mol. The summed E-state index contributed by atoms with van der Waals surface area (Å²) in [5.41, 5.74) is 5.60. The van der Waals surface area contributed by atoms with Crippen molar-refractivity contribution >= 4 is 23.1 Å². The predicted molar refractivity (Wildman–Crippen MR) is 77.4 cm³/mol. The van der Waals surface area contributed by atoms with E-state index in [-0.39, 0.29) is 16.9 Å². The zero-order chi connectivity index (χ0) is 15.1. The minimum absolute atomic E-state index is 0.0599. The van der Waals surface area contributed by atoms with E-state index in [1.807, 2.05) is 6.92 Å². The van der Waals surface area contributed by atoms with Gasteiger partial charge in [0.05, 0.1) is 12.2 Å². The molecule has 0 aliphatic carbocycles. The summed E-state index contributed by atoms with van der Waals surface area (Å²) in [7, 11) is 0. The number of ether oxygens (including phenoxy) is 1. The Labute approximate surface area is 124 Å². The highest BCUT2D eigenvalue weighted by atomic mass is 32.1. The number of rotatable bonds is 3. The average Bonchev–Trinajstić information content (AvgIpc) is 3.02. The molecule has 1 unspecified atom stereocenters. The van der Waals surface area contributed by atoms with Crippen molar-refractivity contribution in [3.05, 3.63) is 14.5 Å². The van der Waals surface area contributed by atoms with Crippen molar-refractivity contribution in [2.75, 3.05) is 0 Å². The number of aliphatic hydroxyl groups is 2. The van der Waals surface area contributed by atoms with Gasteiger partial charge in [0.25, 0.3) is 0 Å². The van der Waals surface area contributed by atoms with Gasteiger partial charge in [-0.05, 0) is 19.3 Å². The second kappa shape index (κ2) is 5.41. The third-order valence-electron chi connectivity index (χ3n) is 3.77. The first-order valence-electron chi connectivity index (χ1n) is 6.88. The Bertz CT molecular complexity index is 625. The number of aliphatic imine (C=N–C) groups is 1. The Morgan fingerprint density at radius 3 is 3.10 bits per heavy atom. The van der Waals surface area contributed by atoms with E-state index in [2.05, 4.69) is 10.3 Å². The molecule has 21 heavy (non-hydrogen) atoms. The van der Waals surface area contributed by atoms with Gasteiger partial charge in [0, 0.05) is 0 Å². The molecule has 8 nitrogen and oxygen atoms in total. The van der Waals surface area contributed by atoms with Crippen LogP contribution in [0.5, 0.6) is 0 Å². The van der Waals surface area contributed by atoms with Gasteiger partial charge in [-0.25, -0.2) is 0 Å². The van der Waals surface area contributed by atoms with Crippen LogP contribution in [0.4, 0.5) is 5.82 Å². The number of fused-ring (bicyclic) bond motifs is 1. The molecule has 1 aromatic rings. The second-order valence-corrected chi connectivity index (χ2v) is 6.15. The molecular formula is C12H18N4O4S. The lowest BCUT2D eigenvalue weighted by molar-refractivity contribution is -0.0598. The first kappa shape index (κ1) is 14.5. The van der Waals surface area contributed by atoms with Crippen LogP contribution < -0.4 is 15.9 Å². The van der Waals surface area contributed by atoms with E-state index < -0.39 is 18.6 Å². The van der Waals surface area contributed by atoms with Gasteiger partial charge in [0.1, 0.15) is 11.1 Å². The topological polar surface area (TPSA) is 122 Å². The third kappa shape index (κ3) is 2.46. The van der Waals surface area contributed by atoms with Gasteiger partial charge in [-0.3, -0.25) is 9.36 Å². The summed E-state index contributed by atoms with van der Waals surface area (Å²) in [6.07, 6.45) is -0.445. The van der Waals surface area contributed by atoms with Gasteiger partial charge in [0.2, 0.25) is 0 Å². The monoisotopic (exact) mass is 314 g/mol. The van der Waals surface area contributed by atoms with Gasteiger partial charge < -0.3 is 26.0 Å². The van der Waals surface area contributed by atoms with Gasteiger partial charge in [-0.15, -0.1) is 0 Å². The second-order valence-electron chi connectivity index (χ2n) is 5.15. The number of aromatic nitrogens is 1. The highest BCUT2D eigenvalue weighted by Crippen LogP contribution is 2.37. The fourth-order valence-electron chi connectivity index (χ4n) is 2.67. The summed E-state index contributed by atoms with van der Waals surface area (Å²) in [6, 6.07) is 0. The van der Waals surface area contributed by atoms with Gasteiger partial charge in [-0.1, -0.05) is 18.3 Å². The Morgan fingerprint density at radius 1 is 1.62 bits per heavy atom. The quantitative estimate of drug-likeness (QED) is 0.618. The molecule has 0 aromatic carbocycles. The maximum atomic E-state index is 12.2. The van der Waals surface area contributed by atoms with Crippen LogP contribution in [0.1, 0.15) is 43.5 Å². The Morgan fingerprint density at radius 2 is 2.38 bits per heavy atom. The Balaban J connectivity index is 1.93. The molecule has 0 spiro atoms. The summed E-state index contributed by atoms with van der Waals surface area (Å²) in [4.78, 5) is 16.5. The summed E-state index contributed by atoms with van der Waals surface area (Å²) >= 11 is 0.919. The number of hydrogen-bond donors (Lipinski definition) is 4. The van der Waals surface area contributed by atoms with Crippen LogP contribution >= 0.6 is 11.3 Å². The van der Waals surface area contributed by atoms with Crippen LogP contribution in [0.25, 0.3) is 0 Å². The number of guanidine groups is 1. The van der Waals surface area contributed by atoms with E-state index in [9.17, 15) is 15.0 Å². The van der Waals surface area contributed by atoms with Crippen molar-refractivity contribution in [1.82, 2.24) is 9.88 Å². The number of nitrogens with two attached hydrogens (primary N) is 1. The highest BCUT2D eigenvalue weighted by molar-refractivity contribution is 7.09. The van der Waals surface area contributed by atoms with Crippen molar-refractivity contribution in [1.29, 1.82) is 0 Å². The molecule has 9 heteroatoms. The van der Waals surface area contributed by atoms with Crippen LogP contribution in [0.2, 0.25) is 0 Å². The molecule has 0 amide bonds. The van der Waals surface area contributed by atoms with Crippen LogP contribution in [-0.2, 0) is 4.74 Å². The molecule has 4 atom stereocenters. The van der Waals surface area contributed by atoms with Crippen molar-refractivity contribution < 1.29 is 14.9 Å². The fraction of sp³-hybridized carbons (Fsp3) is 0.667. The summed E-state index contributed by atoms with van der Waals surface area (Å²) in [5, 5.41) is 22.3. The first-order valence-corrected chi connectivity index (χ1v) is 7.70. The number of hydrogen-bond acceptors (Lipinski definition) is 8. The Hall–Kier alpha value is -1.42. The minimum atomic E-state index is -1.03. The fourth-order valence-corrected chi connectivity index (χ4v) is 3.56. The zero-order valence-corrected chi connectivity index (χ0v) is 12.3. The molecule has 0 saturated carbocycles. The van der Waals surface area contributed by atoms with Gasteiger partial charge >= 0.3 is 4.87 Å². The predicted octanol–water partition coefficient (Wildman–Crippen LogP) is -0.101. The molecule has 1 fully saturated rings. The van der Waals surface area contributed by atoms with Gasteiger partial charge in [0.15, 0.2) is 18.0 Å². The molecule has 0 radical (unpaired) electrons. The van der Waals surface area contributed by atoms with Crippen LogP contribution in [0.15, 0.2) is 9.79 Å². The summed E-state index contributed by atoms with van der Waals surface area (Å²) in [5.74, 6) is 0.398. The van der Waals surface area contributed by atoms with Crippen molar-refractivity contribution in [2.45, 2.75) is 50.8 Å². The summed E-state index contributed by atoms with van der Waals surface area (Å²) < 4.78 is 7.20. The van der Waals surface area contributed by atoms with E-state index in [4.69, 9.17) is 10.5 Å². The summed E-state index contributed by atoms with van der Waals surface area (Å²) in [6.45, 7) is 1.88. The normalized spacial score (nSPS) is 29.7. The van der Waals surface area contributed by atoms with Crippen LogP contribution in [0, 0.1) is 0 Å². The first-order chi connectivity index (χ1) is 10.0. The maximum Gasteiger partial charge on any atom is 0.311 e. The minimum Gasteiger partial charge on any atom is -0.390 e. The van der Waals surface area contributed by atoms with E-state index >= 15 is 0 Å².